The van der Waals surface area contributed by atoms with Gasteiger partial charge in [-0.2, -0.15) is 5.10 Å². The van der Waals surface area contributed by atoms with Gasteiger partial charge >= 0.3 is 0 Å². The average molecular weight is 259 g/mol. The van der Waals surface area contributed by atoms with Crippen molar-refractivity contribution in [1.82, 2.24) is 14.7 Å². The monoisotopic (exact) mass is 259 g/mol. The molecular formula is C15H21N3O. The molecule has 1 aliphatic heterocycles. The molecule has 2 heterocycles. The number of allylic oxidation sites excluding steroid dienone is 2. The molecule has 3 rings (SSSR count). The fraction of sp³-hybridized carbons (Fsp3) is 0.600. The molecule has 0 spiro atoms. The lowest BCUT2D eigenvalue weighted by Gasteiger charge is -2.29. The fourth-order valence-electron chi connectivity index (χ4n) is 3.19. The average Bonchev–Trinajstić information content (AvgIpc) is 3.11. The van der Waals surface area contributed by atoms with Crippen LogP contribution in [0.15, 0.2) is 30.6 Å². The van der Waals surface area contributed by atoms with Crippen molar-refractivity contribution in [2.24, 2.45) is 5.92 Å². The summed E-state index contributed by atoms with van der Waals surface area (Å²) in [4.78, 5) is 14.7. The van der Waals surface area contributed by atoms with E-state index in [2.05, 4.69) is 22.2 Å². The van der Waals surface area contributed by atoms with Crippen molar-refractivity contribution in [2.75, 3.05) is 6.54 Å². The van der Waals surface area contributed by atoms with Crippen LogP contribution < -0.4 is 0 Å². The largest absolute Gasteiger partial charge is 0.338 e. The zero-order valence-corrected chi connectivity index (χ0v) is 11.2. The molecule has 0 N–H and O–H groups in total. The second kappa shape index (κ2) is 5.59. The second-order valence-corrected chi connectivity index (χ2v) is 5.54. The van der Waals surface area contributed by atoms with E-state index in [1.165, 1.54) is 0 Å². The van der Waals surface area contributed by atoms with Crippen molar-refractivity contribution in [3.8, 4) is 0 Å². The highest BCUT2D eigenvalue weighted by molar-refractivity contribution is 5.79. The third kappa shape index (κ3) is 2.72. The van der Waals surface area contributed by atoms with Gasteiger partial charge in [0.2, 0.25) is 5.91 Å². The van der Waals surface area contributed by atoms with Crippen molar-refractivity contribution < 1.29 is 4.79 Å². The molecule has 0 radical (unpaired) electrons. The van der Waals surface area contributed by atoms with Gasteiger partial charge in [-0.25, -0.2) is 0 Å². The summed E-state index contributed by atoms with van der Waals surface area (Å²) in [5.41, 5.74) is 0. The van der Waals surface area contributed by atoms with Crippen LogP contribution in [0, 0.1) is 5.92 Å². The van der Waals surface area contributed by atoms with Gasteiger partial charge in [0, 0.05) is 24.9 Å². The molecule has 0 aromatic carbocycles. The van der Waals surface area contributed by atoms with Crippen LogP contribution in [0.4, 0.5) is 0 Å². The minimum absolute atomic E-state index is 0.211. The normalized spacial score (nSPS) is 26.8. The Hall–Kier alpha value is -1.58. The van der Waals surface area contributed by atoms with Crippen LogP contribution in [0.2, 0.25) is 0 Å². The van der Waals surface area contributed by atoms with Crippen LogP contribution in [0.5, 0.6) is 0 Å². The van der Waals surface area contributed by atoms with Crippen molar-refractivity contribution in [3.63, 3.8) is 0 Å². The van der Waals surface area contributed by atoms with E-state index < -0.39 is 0 Å². The first-order chi connectivity index (χ1) is 9.34. The third-order valence-electron chi connectivity index (χ3n) is 4.24. The van der Waals surface area contributed by atoms with E-state index in [1.807, 2.05) is 16.9 Å². The van der Waals surface area contributed by atoms with Gasteiger partial charge in [0.15, 0.2) is 0 Å². The molecule has 0 saturated carbocycles. The molecule has 1 saturated heterocycles. The number of hydrogen-bond acceptors (Lipinski definition) is 2. The van der Waals surface area contributed by atoms with Crippen molar-refractivity contribution in [2.45, 2.75) is 44.7 Å². The van der Waals surface area contributed by atoms with Gasteiger partial charge in [-0.15, -0.1) is 0 Å². The number of amides is 1. The Morgan fingerprint density at radius 3 is 3.00 bits per heavy atom. The van der Waals surface area contributed by atoms with Gasteiger partial charge < -0.3 is 4.90 Å². The molecule has 1 aromatic heterocycles. The lowest BCUT2D eigenvalue weighted by Crippen LogP contribution is -2.41. The number of carbonyl (C=O) groups is 1. The van der Waals surface area contributed by atoms with Gasteiger partial charge in [0.1, 0.15) is 0 Å². The Labute approximate surface area is 114 Å². The molecule has 1 amide bonds. The molecule has 1 aromatic rings. The van der Waals surface area contributed by atoms with Crippen molar-refractivity contribution in [3.05, 3.63) is 30.6 Å². The lowest BCUT2D eigenvalue weighted by atomic mass is 9.93. The van der Waals surface area contributed by atoms with E-state index in [9.17, 15) is 4.79 Å². The molecular weight excluding hydrogens is 238 g/mol. The summed E-state index contributed by atoms with van der Waals surface area (Å²) in [6.07, 6.45) is 13.3. The summed E-state index contributed by atoms with van der Waals surface area (Å²) < 4.78 is 1.94. The van der Waals surface area contributed by atoms with Crippen LogP contribution in [0.1, 0.15) is 32.1 Å². The van der Waals surface area contributed by atoms with E-state index in [0.717, 1.165) is 45.2 Å². The highest BCUT2D eigenvalue weighted by Gasteiger charge is 2.33. The van der Waals surface area contributed by atoms with E-state index >= 15 is 0 Å². The van der Waals surface area contributed by atoms with Gasteiger partial charge in [0.05, 0.1) is 12.6 Å². The number of hydrogen-bond donors (Lipinski definition) is 0. The Morgan fingerprint density at radius 2 is 2.26 bits per heavy atom. The predicted octanol–water partition coefficient (Wildman–Crippen LogP) is 2.23. The molecule has 2 unspecified atom stereocenters. The Balaban J connectivity index is 1.65. The zero-order valence-electron chi connectivity index (χ0n) is 11.2. The smallest absolute Gasteiger partial charge is 0.226 e. The first-order valence-electron chi connectivity index (χ1n) is 7.27. The number of likely N-dealkylation sites (tertiary alicyclic amines) is 1. The lowest BCUT2D eigenvalue weighted by molar-refractivity contribution is -0.136. The van der Waals surface area contributed by atoms with E-state index in [-0.39, 0.29) is 5.92 Å². The van der Waals surface area contributed by atoms with Crippen LogP contribution in [0.3, 0.4) is 0 Å². The van der Waals surface area contributed by atoms with Crippen molar-refractivity contribution in [1.29, 1.82) is 0 Å². The molecule has 1 fully saturated rings. The summed E-state index contributed by atoms with van der Waals surface area (Å²) in [5, 5.41) is 4.25. The number of carbonyl (C=O) groups excluding carboxylic acids is 1. The summed E-state index contributed by atoms with van der Waals surface area (Å²) in [7, 11) is 0. The number of rotatable bonds is 3. The van der Waals surface area contributed by atoms with Gasteiger partial charge in [-0.1, -0.05) is 12.2 Å². The van der Waals surface area contributed by atoms with Crippen LogP contribution >= 0.6 is 0 Å². The fourth-order valence-corrected chi connectivity index (χ4v) is 3.19. The molecule has 4 nitrogen and oxygen atoms in total. The molecule has 2 aliphatic rings. The van der Waals surface area contributed by atoms with Gasteiger partial charge in [-0.3, -0.25) is 9.48 Å². The SMILES string of the molecule is O=C(C1CC=CCC1)N1CCCC1Cn1cccn1. The van der Waals surface area contributed by atoms with Crippen LogP contribution in [-0.2, 0) is 11.3 Å². The van der Waals surface area contributed by atoms with Crippen molar-refractivity contribution >= 4 is 5.91 Å². The predicted molar refractivity (Wildman–Crippen MR) is 73.4 cm³/mol. The standard InChI is InChI=1S/C15H21N3O/c19-15(13-6-2-1-3-7-13)18-11-4-8-14(18)12-17-10-5-9-16-17/h1-2,5,9-10,13-14H,3-4,6-8,11-12H2. The highest BCUT2D eigenvalue weighted by atomic mass is 16.2. The molecule has 19 heavy (non-hydrogen) atoms. The molecule has 2 atom stereocenters. The maximum Gasteiger partial charge on any atom is 0.226 e. The number of aromatic nitrogens is 2. The first kappa shape index (κ1) is 12.5. The summed E-state index contributed by atoms with van der Waals surface area (Å²) in [6.45, 7) is 1.76. The Bertz CT molecular complexity index is 452. The summed E-state index contributed by atoms with van der Waals surface area (Å²) in [6, 6.07) is 2.27. The number of nitrogens with zero attached hydrogens (tertiary/aromatic N) is 3. The summed E-state index contributed by atoms with van der Waals surface area (Å²) in [5.74, 6) is 0.572. The zero-order chi connectivity index (χ0) is 13.1. The third-order valence-corrected chi connectivity index (χ3v) is 4.24. The molecule has 0 bridgehead atoms. The first-order valence-corrected chi connectivity index (χ1v) is 7.27. The van der Waals surface area contributed by atoms with E-state index in [0.29, 0.717) is 11.9 Å². The minimum atomic E-state index is 0.211. The Morgan fingerprint density at radius 1 is 1.32 bits per heavy atom. The van der Waals surface area contributed by atoms with Gasteiger partial charge in [-0.05, 0) is 38.2 Å². The van der Waals surface area contributed by atoms with E-state index in [1.54, 1.807) is 6.20 Å². The second-order valence-electron chi connectivity index (χ2n) is 5.54. The molecule has 102 valence electrons. The summed E-state index contributed by atoms with van der Waals surface area (Å²) >= 11 is 0. The maximum absolute atomic E-state index is 12.6. The highest BCUT2D eigenvalue weighted by Crippen LogP contribution is 2.26. The topological polar surface area (TPSA) is 38.1 Å². The quantitative estimate of drug-likeness (QED) is 0.781. The molecule has 4 heteroatoms. The van der Waals surface area contributed by atoms with Crippen LogP contribution in [-0.4, -0.2) is 33.2 Å². The van der Waals surface area contributed by atoms with E-state index in [4.69, 9.17) is 0 Å². The van der Waals surface area contributed by atoms with Crippen LogP contribution in [0.25, 0.3) is 0 Å². The maximum atomic E-state index is 12.6. The Kier molecular flexibility index (Phi) is 3.67. The minimum Gasteiger partial charge on any atom is -0.338 e. The van der Waals surface area contributed by atoms with Gasteiger partial charge in [0.25, 0.3) is 0 Å². The molecule has 1 aliphatic carbocycles.